The molecule has 20 heavy (non-hydrogen) atoms. The van der Waals surface area contributed by atoms with Gasteiger partial charge in [0.1, 0.15) is 0 Å². The molecule has 0 N–H and O–H groups in total. The number of rotatable bonds is 10. The van der Waals surface area contributed by atoms with E-state index in [9.17, 15) is 4.79 Å². The van der Waals surface area contributed by atoms with Gasteiger partial charge in [-0.3, -0.25) is 4.79 Å². The molecule has 0 saturated heterocycles. The van der Waals surface area contributed by atoms with Gasteiger partial charge < -0.3 is 4.74 Å². The van der Waals surface area contributed by atoms with Crippen molar-refractivity contribution in [3.05, 3.63) is 12.4 Å². The van der Waals surface area contributed by atoms with Crippen LogP contribution in [0.2, 0.25) is 0 Å². The van der Waals surface area contributed by atoms with Crippen LogP contribution in [0.3, 0.4) is 0 Å². The van der Waals surface area contributed by atoms with Crippen molar-refractivity contribution in [2.75, 3.05) is 12.4 Å². The minimum atomic E-state index is -0.0984. The topological polar surface area (TPSA) is 44.1 Å². The van der Waals surface area contributed by atoms with Gasteiger partial charge in [0.05, 0.1) is 41.6 Å². The third-order valence-corrected chi connectivity index (χ3v) is 4.47. The van der Waals surface area contributed by atoms with Gasteiger partial charge in [0, 0.05) is 10.6 Å². The summed E-state index contributed by atoms with van der Waals surface area (Å²) >= 11 is 4.83. The molecule has 1 aromatic rings. The lowest BCUT2D eigenvalue weighted by molar-refractivity contribution is -0.144. The molecule has 0 spiro atoms. The van der Waals surface area contributed by atoms with Crippen LogP contribution >= 0.6 is 27.9 Å². The van der Waals surface area contributed by atoms with E-state index in [1.807, 2.05) is 6.20 Å². The average Bonchev–Trinajstić information content (AvgIpc) is 2.85. The lowest BCUT2D eigenvalue weighted by atomic mass is 10.0. The number of halogens is 1. The Bertz CT molecular complexity index is 398. The van der Waals surface area contributed by atoms with Crippen molar-refractivity contribution in [3.8, 4) is 0 Å². The summed E-state index contributed by atoms with van der Waals surface area (Å²) in [7, 11) is 0. The molecule has 0 saturated carbocycles. The lowest BCUT2D eigenvalue weighted by Gasteiger charge is -2.14. The summed E-state index contributed by atoms with van der Waals surface area (Å²) in [4.78, 5) is 12.7. The fourth-order valence-corrected chi connectivity index (χ4v) is 3.04. The van der Waals surface area contributed by atoms with E-state index in [1.54, 1.807) is 21.7 Å². The van der Waals surface area contributed by atoms with Crippen molar-refractivity contribution in [3.63, 3.8) is 0 Å². The quantitative estimate of drug-likeness (QED) is 0.460. The third kappa shape index (κ3) is 7.33. The molecule has 6 heteroatoms. The zero-order chi connectivity index (χ0) is 14.8. The number of carbonyl (C=O) groups excluding carboxylic acids is 1. The van der Waals surface area contributed by atoms with Gasteiger partial charge in [-0.2, -0.15) is 5.10 Å². The van der Waals surface area contributed by atoms with Crippen LogP contribution in [0.5, 0.6) is 0 Å². The van der Waals surface area contributed by atoms with Crippen LogP contribution in [0.15, 0.2) is 17.3 Å². The van der Waals surface area contributed by atoms with Gasteiger partial charge in [0.25, 0.3) is 0 Å². The van der Waals surface area contributed by atoms with Gasteiger partial charge in [-0.15, -0.1) is 11.8 Å². The van der Waals surface area contributed by atoms with Crippen LogP contribution < -0.4 is 0 Å². The highest BCUT2D eigenvalue weighted by Gasteiger charge is 2.10. The van der Waals surface area contributed by atoms with E-state index in [1.165, 1.54) is 12.8 Å². The van der Waals surface area contributed by atoms with Crippen LogP contribution in [-0.2, 0) is 9.53 Å². The van der Waals surface area contributed by atoms with Crippen molar-refractivity contribution < 1.29 is 9.53 Å². The fourth-order valence-electron chi connectivity index (χ4n) is 1.79. The highest BCUT2D eigenvalue weighted by Crippen LogP contribution is 2.19. The Hall–Kier alpha value is -0.490. The maximum atomic E-state index is 11.7. The molecular formula is C14H23BrN2O2S. The molecule has 0 amide bonds. The Morgan fingerprint density at radius 2 is 2.35 bits per heavy atom. The third-order valence-electron chi connectivity index (χ3n) is 3.13. The summed E-state index contributed by atoms with van der Waals surface area (Å²) in [6.07, 6.45) is 8.72. The second-order valence-electron chi connectivity index (χ2n) is 4.76. The van der Waals surface area contributed by atoms with E-state index in [2.05, 4.69) is 35.1 Å². The predicted octanol–water partition coefficient (Wildman–Crippen LogP) is 4.28. The van der Waals surface area contributed by atoms with Gasteiger partial charge in [-0.1, -0.05) is 33.1 Å². The number of nitrogens with zero attached hydrogens (tertiary/aromatic N) is 2. The van der Waals surface area contributed by atoms with Crippen LogP contribution in [0.1, 0.15) is 46.0 Å². The molecule has 1 unspecified atom stereocenters. The highest BCUT2D eigenvalue weighted by atomic mass is 79.9. The van der Waals surface area contributed by atoms with Crippen LogP contribution in [0.4, 0.5) is 0 Å². The molecule has 1 atom stereocenters. The van der Waals surface area contributed by atoms with E-state index in [0.29, 0.717) is 18.9 Å². The zero-order valence-corrected chi connectivity index (χ0v) is 14.6. The van der Waals surface area contributed by atoms with Crippen molar-refractivity contribution in [2.45, 2.75) is 50.8 Å². The fraction of sp³-hybridized carbons (Fsp3) is 0.714. The van der Waals surface area contributed by atoms with Crippen LogP contribution in [0.25, 0.3) is 0 Å². The second kappa shape index (κ2) is 10.3. The Balaban J connectivity index is 2.13. The van der Waals surface area contributed by atoms with E-state index >= 15 is 0 Å². The first-order valence-electron chi connectivity index (χ1n) is 7.15. The number of thioether (sulfide) groups is 1. The molecule has 1 rings (SSSR count). The Kier molecular flexibility index (Phi) is 9.02. The van der Waals surface area contributed by atoms with Gasteiger partial charge >= 0.3 is 5.97 Å². The average molecular weight is 363 g/mol. The maximum absolute atomic E-state index is 11.7. The van der Waals surface area contributed by atoms with E-state index < -0.39 is 0 Å². The Morgan fingerprint density at radius 1 is 1.55 bits per heavy atom. The summed E-state index contributed by atoms with van der Waals surface area (Å²) in [5, 5.41) is 4.01. The molecule has 1 aromatic heterocycles. The molecule has 0 aliphatic carbocycles. The number of unbranched alkanes of at least 4 members (excludes halogenated alkanes) is 1. The van der Waals surface area contributed by atoms with Gasteiger partial charge in [-0.05, 0) is 12.3 Å². The predicted molar refractivity (Wildman–Crippen MR) is 86.2 cm³/mol. The minimum Gasteiger partial charge on any atom is -0.465 e. The summed E-state index contributed by atoms with van der Waals surface area (Å²) in [5.74, 6) is 1.14. The SMILES string of the molecule is CCCCC(CC)COC(=O)CCSc1cnn(Br)c1. The van der Waals surface area contributed by atoms with E-state index in [0.717, 1.165) is 23.5 Å². The number of aromatic nitrogens is 2. The number of esters is 1. The first kappa shape index (κ1) is 17.6. The minimum absolute atomic E-state index is 0.0984. The maximum Gasteiger partial charge on any atom is 0.306 e. The molecule has 4 nitrogen and oxygen atoms in total. The molecule has 0 aromatic carbocycles. The Labute approximate surface area is 134 Å². The van der Waals surface area contributed by atoms with Crippen molar-refractivity contribution in [1.82, 2.24) is 8.81 Å². The number of hydrogen-bond acceptors (Lipinski definition) is 4. The molecule has 1 heterocycles. The van der Waals surface area contributed by atoms with E-state index in [4.69, 9.17) is 4.74 Å². The van der Waals surface area contributed by atoms with Crippen LogP contribution in [-0.4, -0.2) is 27.1 Å². The van der Waals surface area contributed by atoms with Crippen molar-refractivity contribution in [2.24, 2.45) is 5.92 Å². The zero-order valence-electron chi connectivity index (χ0n) is 12.2. The molecular weight excluding hydrogens is 340 g/mol. The lowest BCUT2D eigenvalue weighted by Crippen LogP contribution is -2.14. The summed E-state index contributed by atoms with van der Waals surface area (Å²) < 4.78 is 6.93. The van der Waals surface area contributed by atoms with E-state index in [-0.39, 0.29) is 5.97 Å². The largest absolute Gasteiger partial charge is 0.465 e. The molecule has 0 bridgehead atoms. The monoisotopic (exact) mass is 362 g/mol. The van der Waals surface area contributed by atoms with Crippen LogP contribution in [0, 0.1) is 5.92 Å². The molecule has 114 valence electrons. The molecule has 0 radical (unpaired) electrons. The standard InChI is InChI=1S/C14H23BrN2O2S/c1-3-5-6-12(4-2)11-19-14(18)7-8-20-13-9-16-17(15)10-13/h9-10,12H,3-8,11H2,1-2H3. The number of carbonyl (C=O) groups is 1. The summed E-state index contributed by atoms with van der Waals surface area (Å²) in [6, 6.07) is 0. The first-order valence-corrected chi connectivity index (χ1v) is 8.84. The normalized spacial score (nSPS) is 12.3. The smallest absolute Gasteiger partial charge is 0.306 e. The van der Waals surface area contributed by atoms with Gasteiger partial charge in [0.15, 0.2) is 0 Å². The first-order chi connectivity index (χ1) is 9.65. The molecule has 0 aliphatic heterocycles. The number of ether oxygens (including phenoxy) is 1. The van der Waals surface area contributed by atoms with Crippen molar-refractivity contribution >= 4 is 33.9 Å². The summed E-state index contributed by atoms with van der Waals surface area (Å²) in [6.45, 7) is 4.91. The Morgan fingerprint density at radius 3 is 2.95 bits per heavy atom. The molecule has 0 fully saturated rings. The highest BCUT2D eigenvalue weighted by molar-refractivity contribution is 9.08. The van der Waals surface area contributed by atoms with Gasteiger partial charge in [-0.25, -0.2) is 3.71 Å². The summed E-state index contributed by atoms with van der Waals surface area (Å²) in [5.41, 5.74) is 0. The number of hydrogen-bond donors (Lipinski definition) is 0. The van der Waals surface area contributed by atoms with Gasteiger partial charge in [0.2, 0.25) is 0 Å². The van der Waals surface area contributed by atoms with Crippen molar-refractivity contribution in [1.29, 1.82) is 0 Å². The molecule has 0 aliphatic rings. The second-order valence-corrected chi connectivity index (χ2v) is 6.66.